The largest absolute Gasteiger partial charge is 0.481 e. The zero-order chi connectivity index (χ0) is 12.5. The van der Waals surface area contributed by atoms with E-state index in [0.29, 0.717) is 0 Å². The van der Waals surface area contributed by atoms with Crippen molar-refractivity contribution in [2.45, 2.75) is 19.1 Å². The number of halogens is 1. The summed E-state index contributed by atoms with van der Waals surface area (Å²) in [6.07, 6.45) is -0.0152. The first-order valence-electron chi connectivity index (χ1n) is 6.02. The minimum absolute atomic E-state index is 0.0152. The van der Waals surface area contributed by atoms with Crippen LogP contribution in [0.3, 0.4) is 0 Å². The molecule has 2 aromatic carbocycles. The maximum absolute atomic E-state index is 6.06. The molecule has 1 heterocycles. The van der Waals surface area contributed by atoms with E-state index in [0.717, 1.165) is 22.0 Å². The molecular formula is C15H14ClNO. The highest BCUT2D eigenvalue weighted by molar-refractivity contribution is 6.30. The van der Waals surface area contributed by atoms with E-state index >= 15 is 0 Å². The van der Waals surface area contributed by atoms with Crippen molar-refractivity contribution in [2.75, 3.05) is 5.32 Å². The Morgan fingerprint density at radius 1 is 1.11 bits per heavy atom. The van der Waals surface area contributed by atoms with Crippen LogP contribution in [0.2, 0.25) is 5.02 Å². The van der Waals surface area contributed by atoms with E-state index in [1.165, 1.54) is 0 Å². The lowest BCUT2D eigenvalue weighted by atomic mass is 10.0. The SMILES string of the molecule is CC1Nc2ccccc2OC1c1cccc(Cl)c1. The van der Waals surface area contributed by atoms with Crippen LogP contribution < -0.4 is 10.1 Å². The first-order chi connectivity index (χ1) is 8.74. The van der Waals surface area contributed by atoms with Crippen molar-refractivity contribution in [1.29, 1.82) is 0 Å². The van der Waals surface area contributed by atoms with Gasteiger partial charge in [-0.3, -0.25) is 0 Å². The van der Waals surface area contributed by atoms with Crippen LogP contribution >= 0.6 is 11.6 Å². The lowest BCUT2D eigenvalue weighted by molar-refractivity contribution is 0.177. The van der Waals surface area contributed by atoms with Crippen molar-refractivity contribution in [3.63, 3.8) is 0 Å². The number of benzene rings is 2. The number of anilines is 1. The van der Waals surface area contributed by atoms with Gasteiger partial charge < -0.3 is 10.1 Å². The average Bonchev–Trinajstić information content (AvgIpc) is 2.38. The highest BCUT2D eigenvalue weighted by atomic mass is 35.5. The van der Waals surface area contributed by atoms with Gasteiger partial charge in [-0.25, -0.2) is 0 Å². The number of hydrogen-bond acceptors (Lipinski definition) is 2. The quantitative estimate of drug-likeness (QED) is 0.826. The molecule has 1 N–H and O–H groups in total. The van der Waals surface area contributed by atoms with Gasteiger partial charge in [-0.1, -0.05) is 35.9 Å². The second-order valence-corrected chi connectivity index (χ2v) is 4.96. The molecule has 0 radical (unpaired) electrons. The van der Waals surface area contributed by atoms with Gasteiger partial charge in [0.15, 0.2) is 0 Å². The first-order valence-corrected chi connectivity index (χ1v) is 6.39. The molecule has 0 aromatic heterocycles. The zero-order valence-electron chi connectivity index (χ0n) is 10.1. The second kappa shape index (κ2) is 4.54. The Labute approximate surface area is 112 Å². The van der Waals surface area contributed by atoms with Crippen LogP contribution in [0.4, 0.5) is 5.69 Å². The fourth-order valence-electron chi connectivity index (χ4n) is 2.29. The fourth-order valence-corrected chi connectivity index (χ4v) is 2.49. The second-order valence-electron chi connectivity index (χ2n) is 4.52. The van der Waals surface area contributed by atoms with Gasteiger partial charge in [0, 0.05) is 5.02 Å². The van der Waals surface area contributed by atoms with E-state index in [-0.39, 0.29) is 12.1 Å². The molecule has 0 fully saturated rings. The summed E-state index contributed by atoms with van der Waals surface area (Å²) in [6, 6.07) is 16.0. The van der Waals surface area contributed by atoms with Gasteiger partial charge in [0.25, 0.3) is 0 Å². The lowest BCUT2D eigenvalue weighted by Gasteiger charge is -2.33. The molecule has 2 nitrogen and oxygen atoms in total. The van der Waals surface area contributed by atoms with Crippen molar-refractivity contribution >= 4 is 17.3 Å². The molecule has 0 saturated heterocycles. The minimum Gasteiger partial charge on any atom is -0.481 e. The predicted octanol–water partition coefficient (Wildman–Crippen LogP) is 4.27. The Hall–Kier alpha value is -1.67. The Bertz CT molecular complexity index is 570. The summed E-state index contributed by atoms with van der Waals surface area (Å²) in [5.74, 6) is 0.889. The van der Waals surface area contributed by atoms with Gasteiger partial charge in [-0.2, -0.15) is 0 Å². The van der Waals surface area contributed by atoms with E-state index in [1.54, 1.807) is 0 Å². The van der Waals surface area contributed by atoms with Crippen LogP contribution in [0, 0.1) is 0 Å². The number of fused-ring (bicyclic) bond motifs is 1. The summed E-state index contributed by atoms with van der Waals surface area (Å²) in [4.78, 5) is 0. The van der Waals surface area contributed by atoms with E-state index in [2.05, 4.69) is 12.2 Å². The molecule has 1 aliphatic rings. The summed E-state index contributed by atoms with van der Waals surface area (Å²) in [5, 5.41) is 4.20. The van der Waals surface area contributed by atoms with Crippen LogP contribution in [0.1, 0.15) is 18.6 Å². The minimum atomic E-state index is -0.0152. The molecule has 3 heteroatoms. The van der Waals surface area contributed by atoms with Crippen molar-refractivity contribution in [1.82, 2.24) is 0 Å². The third-order valence-corrected chi connectivity index (χ3v) is 3.39. The molecule has 0 amide bonds. The number of ether oxygens (including phenoxy) is 1. The summed E-state index contributed by atoms with van der Waals surface area (Å²) in [7, 11) is 0. The summed E-state index contributed by atoms with van der Waals surface area (Å²) in [5.41, 5.74) is 2.14. The van der Waals surface area contributed by atoms with Crippen molar-refractivity contribution in [2.24, 2.45) is 0 Å². The number of hydrogen-bond donors (Lipinski definition) is 1. The molecule has 0 bridgehead atoms. The normalized spacial score (nSPS) is 21.7. The molecule has 18 heavy (non-hydrogen) atoms. The Kier molecular flexibility index (Phi) is 2.88. The average molecular weight is 260 g/mol. The summed E-state index contributed by atoms with van der Waals surface area (Å²) in [6.45, 7) is 2.11. The third kappa shape index (κ3) is 2.04. The number of para-hydroxylation sites is 2. The summed E-state index contributed by atoms with van der Waals surface area (Å²) < 4.78 is 6.06. The molecule has 0 spiro atoms. The number of rotatable bonds is 1. The topological polar surface area (TPSA) is 21.3 Å². The molecule has 3 rings (SSSR count). The molecule has 1 aliphatic heterocycles. The molecule has 0 aliphatic carbocycles. The van der Waals surface area contributed by atoms with Crippen molar-refractivity contribution in [3.8, 4) is 5.75 Å². The third-order valence-electron chi connectivity index (χ3n) is 3.16. The fraction of sp³-hybridized carbons (Fsp3) is 0.200. The van der Waals surface area contributed by atoms with Crippen LogP contribution in [-0.4, -0.2) is 6.04 Å². The smallest absolute Gasteiger partial charge is 0.144 e. The summed E-state index contributed by atoms with van der Waals surface area (Å²) >= 11 is 6.04. The molecule has 92 valence electrons. The van der Waals surface area contributed by atoms with E-state index < -0.39 is 0 Å². The van der Waals surface area contributed by atoms with Gasteiger partial charge in [0.1, 0.15) is 11.9 Å². The monoisotopic (exact) mass is 259 g/mol. The highest BCUT2D eigenvalue weighted by Crippen LogP contribution is 2.37. The number of nitrogens with one attached hydrogen (secondary N) is 1. The van der Waals surface area contributed by atoms with E-state index in [1.807, 2.05) is 48.5 Å². The Balaban J connectivity index is 1.96. The van der Waals surface area contributed by atoms with Crippen LogP contribution in [0.25, 0.3) is 0 Å². The van der Waals surface area contributed by atoms with Crippen LogP contribution in [-0.2, 0) is 0 Å². The van der Waals surface area contributed by atoms with Gasteiger partial charge in [0.05, 0.1) is 11.7 Å². The Morgan fingerprint density at radius 3 is 2.78 bits per heavy atom. The molecule has 2 atom stereocenters. The maximum atomic E-state index is 6.06. The lowest BCUT2D eigenvalue weighted by Crippen LogP contribution is -2.32. The van der Waals surface area contributed by atoms with E-state index in [4.69, 9.17) is 16.3 Å². The predicted molar refractivity (Wildman–Crippen MR) is 74.3 cm³/mol. The molecule has 2 aromatic rings. The van der Waals surface area contributed by atoms with E-state index in [9.17, 15) is 0 Å². The molecule has 0 saturated carbocycles. The Morgan fingerprint density at radius 2 is 1.94 bits per heavy atom. The standard InChI is InChI=1S/C15H14ClNO/c1-10-15(11-5-4-6-12(16)9-11)18-14-8-3-2-7-13(14)17-10/h2-10,15,17H,1H3. The zero-order valence-corrected chi connectivity index (χ0v) is 10.8. The van der Waals surface area contributed by atoms with Gasteiger partial charge in [-0.05, 0) is 36.8 Å². The first kappa shape index (κ1) is 11.4. The van der Waals surface area contributed by atoms with Crippen molar-refractivity contribution < 1.29 is 4.74 Å². The van der Waals surface area contributed by atoms with Crippen LogP contribution in [0.5, 0.6) is 5.75 Å². The molecular weight excluding hydrogens is 246 g/mol. The van der Waals surface area contributed by atoms with Gasteiger partial charge in [0.2, 0.25) is 0 Å². The van der Waals surface area contributed by atoms with Crippen LogP contribution in [0.15, 0.2) is 48.5 Å². The molecule has 2 unspecified atom stereocenters. The maximum Gasteiger partial charge on any atom is 0.144 e. The van der Waals surface area contributed by atoms with Gasteiger partial charge >= 0.3 is 0 Å². The van der Waals surface area contributed by atoms with Crippen molar-refractivity contribution in [3.05, 3.63) is 59.1 Å². The van der Waals surface area contributed by atoms with Gasteiger partial charge in [-0.15, -0.1) is 0 Å². The highest BCUT2D eigenvalue weighted by Gasteiger charge is 2.27.